The zero-order valence-electron chi connectivity index (χ0n) is 15.9. The van der Waals surface area contributed by atoms with E-state index in [1.165, 1.54) is 27.7 Å². The first kappa shape index (κ1) is 19.4. The second-order valence-electron chi connectivity index (χ2n) is 6.37. The molecule has 29 heavy (non-hydrogen) atoms. The normalized spacial score (nSPS) is 11.0. The van der Waals surface area contributed by atoms with Crippen molar-refractivity contribution >= 4 is 39.1 Å². The minimum atomic E-state index is -0.109. The third-order valence-electron chi connectivity index (χ3n) is 4.60. The number of methoxy groups -OCH3 is 1. The van der Waals surface area contributed by atoms with Crippen molar-refractivity contribution in [2.75, 3.05) is 12.9 Å². The molecule has 0 fully saturated rings. The Morgan fingerprint density at radius 3 is 2.62 bits per heavy atom. The van der Waals surface area contributed by atoms with E-state index in [4.69, 9.17) is 4.74 Å². The molecule has 4 rings (SSSR count). The first-order chi connectivity index (χ1) is 14.1. The second kappa shape index (κ2) is 8.23. The topological polar surface area (TPSA) is 61.2 Å². The average molecular weight is 423 g/mol. The Morgan fingerprint density at radius 1 is 1.14 bits per heavy atom. The van der Waals surface area contributed by atoms with E-state index in [9.17, 15) is 9.59 Å². The molecular formula is C22H18N2O3S2. The Hall–Kier alpha value is -2.90. The number of thiophene rings is 1. The highest BCUT2D eigenvalue weighted by Crippen LogP contribution is 2.32. The van der Waals surface area contributed by atoms with Crippen LogP contribution in [0, 0.1) is 0 Å². The summed E-state index contributed by atoms with van der Waals surface area (Å²) in [4.78, 5) is 31.0. The van der Waals surface area contributed by atoms with Gasteiger partial charge in [-0.3, -0.25) is 14.2 Å². The van der Waals surface area contributed by atoms with Gasteiger partial charge in [-0.1, -0.05) is 54.2 Å². The van der Waals surface area contributed by atoms with Gasteiger partial charge >= 0.3 is 0 Å². The molecule has 2 heterocycles. The van der Waals surface area contributed by atoms with Gasteiger partial charge in [-0.05, 0) is 17.7 Å². The van der Waals surface area contributed by atoms with Crippen molar-refractivity contribution in [3.63, 3.8) is 0 Å². The maximum atomic E-state index is 13.0. The summed E-state index contributed by atoms with van der Waals surface area (Å²) in [6.07, 6.45) is 0. The number of thioether (sulfide) groups is 1. The third-order valence-corrected chi connectivity index (χ3v) is 6.50. The quantitative estimate of drug-likeness (QED) is 0.257. The molecule has 0 aliphatic rings. The summed E-state index contributed by atoms with van der Waals surface area (Å²) in [7, 11) is 3.23. The monoisotopic (exact) mass is 422 g/mol. The molecule has 0 N–H and O–H groups in total. The van der Waals surface area contributed by atoms with Gasteiger partial charge in [0.05, 0.1) is 23.8 Å². The molecule has 0 amide bonds. The van der Waals surface area contributed by atoms with Gasteiger partial charge < -0.3 is 4.74 Å². The van der Waals surface area contributed by atoms with Gasteiger partial charge in [0.25, 0.3) is 5.56 Å². The van der Waals surface area contributed by atoms with Gasteiger partial charge in [0.1, 0.15) is 10.6 Å². The lowest BCUT2D eigenvalue weighted by atomic mass is 10.1. The number of carbonyl (C=O) groups is 1. The lowest BCUT2D eigenvalue weighted by Gasteiger charge is -2.09. The molecule has 0 aliphatic carbocycles. The van der Waals surface area contributed by atoms with Crippen LogP contribution >= 0.6 is 23.1 Å². The molecule has 0 unspecified atom stereocenters. The van der Waals surface area contributed by atoms with E-state index in [1.54, 1.807) is 32.4 Å². The summed E-state index contributed by atoms with van der Waals surface area (Å²) in [6, 6.07) is 16.9. The third kappa shape index (κ3) is 3.71. The summed E-state index contributed by atoms with van der Waals surface area (Å²) in [5, 5.41) is 3.10. The van der Waals surface area contributed by atoms with E-state index in [0.717, 1.165) is 11.1 Å². The highest BCUT2D eigenvalue weighted by atomic mass is 32.2. The number of para-hydroxylation sites is 1. The van der Waals surface area contributed by atoms with Crippen LogP contribution in [0.3, 0.4) is 0 Å². The molecule has 0 spiro atoms. The molecule has 0 radical (unpaired) electrons. The van der Waals surface area contributed by atoms with E-state index in [1.807, 2.05) is 41.8 Å². The Bertz CT molecular complexity index is 1250. The first-order valence-corrected chi connectivity index (χ1v) is 10.8. The van der Waals surface area contributed by atoms with Crippen LogP contribution in [0.4, 0.5) is 0 Å². The molecule has 0 atom stereocenters. The minimum Gasteiger partial charge on any atom is -0.496 e. The van der Waals surface area contributed by atoms with E-state index in [-0.39, 0.29) is 17.1 Å². The molecule has 7 heteroatoms. The van der Waals surface area contributed by atoms with Crippen molar-refractivity contribution < 1.29 is 9.53 Å². The smallest absolute Gasteiger partial charge is 0.263 e. The number of fused-ring (bicyclic) bond motifs is 1. The fraction of sp³-hybridized carbons (Fsp3) is 0.136. The van der Waals surface area contributed by atoms with E-state index >= 15 is 0 Å². The second-order valence-corrected chi connectivity index (χ2v) is 8.17. The predicted molar refractivity (Wildman–Crippen MR) is 118 cm³/mol. The summed E-state index contributed by atoms with van der Waals surface area (Å²) >= 11 is 2.70. The maximum absolute atomic E-state index is 13.0. The van der Waals surface area contributed by atoms with Crippen LogP contribution in [0.25, 0.3) is 21.3 Å². The zero-order chi connectivity index (χ0) is 20.4. The number of benzene rings is 2. The SMILES string of the molecule is COc1ccccc1C(=O)CSc1nc2scc(-c3ccccc3)c2c(=O)n1C. The summed E-state index contributed by atoms with van der Waals surface area (Å²) in [5.74, 6) is 0.641. The summed E-state index contributed by atoms with van der Waals surface area (Å²) in [5.41, 5.74) is 2.29. The largest absolute Gasteiger partial charge is 0.496 e. The molecule has 0 aliphatic heterocycles. The van der Waals surface area contributed by atoms with Crippen molar-refractivity contribution in [1.82, 2.24) is 9.55 Å². The molecule has 0 saturated heterocycles. The van der Waals surface area contributed by atoms with Crippen molar-refractivity contribution in [1.29, 1.82) is 0 Å². The lowest BCUT2D eigenvalue weighted by Crippen LogP contribution is -2.20. The van der Waals surface area contributed by atoms with Crippen molar-refractivity contribution in [2.24, 2.45) is 7.05 Å². The number of ether oxygens (including phenoxy) is 1. The van der Waals surface area contributed by atoms with Gasteiger partial charge in [-0.15, -0.1) is 11.3 Å². The minimum absolute atomic E-state index is 0.0713. The molecule has 0 bridgehead atoms. The number of aromatic nitrogens is 2. The number of nitrogens with zero attached hydrogens (tertiary/aromatic N) is 2. The van der Waals surface area contributed by atoms with Crippen LogP contribution in [0.2, 0.25) is 0 Å². The Kier molecular flexibility index (Phi) is 5.51. The Morgan fingerprint density at radius 2 is 1.86 bits per heavy atom. The van der Waals surface area contributed by atoms with E-state index < -0.39 is 0 Å². The highest BCUT2D eigenvalue weighted by Gasteiger charge is 2.18. The van der Waals surface area contributed by atoms with Crippen LogP contribution in [-0.2, 0) is 7.05 Å². The number of carbonyl (C=O) groups excluding carboxylic acids is 1. The Balaban J connectivity index is 1.65. The average Bonchev–Trinajstić information content (AvgIpc) is 3.19. The predicted octanol–water partition coefficient (Wildman–Crippen LogP) is 4.65. The maximum Gasteiger partial charge on any atom is 0.263 e. The van der Waals surface area contributed by atoms with Gasteiger partial charge in [0.2, 0.25) is 0 Å². The molecule has 2 aromatic carbocycles. The zero-order valence-corrected chi connectivity index (χ0v) is 17.5. The first-order valence-electron chi connectivity index (χ1n) is 8.93. The van der Waals surface area contributed by atoms with Crippen LogP contribution in [0.1, 0.15) is 10.4 Å². The van der Waals surface area contributed by atoms with Gasteiger partial charge in [-0.25, -0.2) is 4.98 Å². The van der Waals surface area contributed by atoms with Crippen molar-refractivity contribution in [3.05, 3.63) is 75.9 Å². The summed E-state index contributed by atoms with van der Waals surface area (Å²) < 4.78 is 6.78. The van der Waals surface area contributed by atoms with Crippen LogP contribution < -0.4 is 10.3 Å². The number of Topliss-reactive ketones (excluding diaryl/α,β-unsaturated/α-hetero) is 1. The van der Waals surface area contributed by atoms with Crippen LogP contribution in [0.15, 0.2) is 69.9 Å². The highest BCUT2D eigenvalue weighted by molar-refractivity contribution is 7.99. The molecular weight excluding hydrogens is 404 g/mol. The fourth-order valence-corrected chi connectivity index (χ4v) is 4.94. The number of hydrogen-bond donors (Lipinski definition) is 0. The van der Waals surface area contributed by atoms with E-state index in [0.29, 0.717) is 26.7 Å². The van der Waals surface area contributed by atoms with Crippen LogP contribution in [0.5, 0.6) is 5.75 Å². The van der Waals surface area contributed by atoms with Gasteiger partial charge in [0.15, 0.2) is 10.9 Å². The fourth-order valence-electron chi connectivity index (χ4n) is 3.10. The molecule has 5 nitrogen and oxygen atoms in total. The molecule has 4 aromatic rings. The van der Waals surface area contributed by atoms with E-state index in [2.05, 4.69) is 4.98 Å². The number of hydrogen-bond acceptors (Lipinski definition) is 6. The van der Waals surface area contributed by atoms with Gasteiger partial charge in [-0.2, -0.15) is 0 Å². The lowest BCUT2D eigenvalue weighted by molar-refractivity contribution is 0.101. The van der Waals surface area contributed by atoms with Crippen LogP contribution in [-0.4, -0.2) is 28.2 Å². The van der Waals surface area contributed by atoms with Crippen molar-refractivity contribution in [2.45, 2.75) is 5.16 Å². The molecule has 0 saturated carbocycles. The number of rotatable bonds is 6. The molecule has 146 valence electrons. The van der Waals surface area contributed by atoms with Crippen molar-refractivity contribution in [3.8, 4) is 16.9 Å². The Labute approximate surface area is 176 Å². The number of ketones is 1. The van der Waals surface area contributed by atoms with Gasteiger partial charge in [0, 0.05) is 18.0 Å². The molecule has 2 aromatic heterocycles. The standard InChI is InChI=1S/C22H18N2O3S2/c1-24-21(26)19-16(14-8-4-3-5-9-14)12-28-20(19)23-22(24)29-13-17(25)15-10-6-7-11-18(15)27-2/h3-12H,13H2,1-2H3. The summed E-state index contributed by atoms with van der Waals surface area (Å²) in [6.45, 7) is 0.